The molecule has 0 unspecified atom stereocenters. The van der Waals surface area contributed by atoms with Gasteiger partial charge in [0.1, 0.15) is 12.4 Å². The Labute approximate surface area is 142 Å². The van der Waals surface area contributed by atoms with Gasteiger partial charge in [-0.2, -0.15) is 0 Å². The Bertz CT molecular complexity index is 577. The number of halogens is 2. The van der Waals surface area contributed by atoms with Crippen LogP contribution in [0.2, 0.25) is 5.02 Å². The molecule has 21 heavy (non-hydrogen) atoms. The summed E-state index contributed by atoms with van der Waals surface area (Å²) in [7, 11) is 1.69. The van der Waals surface area contributed by atoms with E-state index in [1.165, 1.54) is 4.88 Å². The van der Waals surface area contributed by atoms with Crippen molar-refractivity contribution in [3.8, 4) is 5.75 Å². The van der Waals surface area contributed by atoms with Crippen LogP contribution in [0.15, 0.2) is 34.1 Å². The largest absolute Gasteiger partial charge is 0.488 e. The van der Waals surface area contributed by atoms with Gasteiger partial charge < -0.3 is 14.8 Å². The van der Waals surface area contributed by atoms with Crippen molar-refractivity contribution in [2.24, 2.45) is 0 Å². The summed E-state index contributed by atoms with van der Waals surface area (Å²) in [6.07, 6.45) is 0. The maximum absolute atomic E-state index is 6.07. The lowest BCUT2D eigenvalue weighted by molar-refractivity contribution is 0.199. The highest BCUT2D eigenvalue weighted by molar-refractivity contribution is 9.11. The Morgan fingerprint density at radius 1 is 1.29 bits per heavy atom. The van der Waals surface area contributed by atoms with Crippen molar-refractivity contribution in [3.05, 3.63) is 49.6 Å². The van der Waals surface area contributed by atoms with E-state index in [0.29, 0.717) is 24.8 Å². The molecule has 1 aromatic carbocycles. The molecular weight excluding hydrogens is 374 g/mol. The fourth-order valence-corrected chi connectivity index (χ4v) is 3.39. The normalized spacial score (nSPS) is 10.8. The molecule has 0 saturated carbocycles. The Morgan fingerprint density at radius 2 is 2.14 bits per heavy atom. The summed E-state index contributed by atoms with van der Waals surface area (Å²) in [5.74, 6) is 0.855. The Hall–Kier alpha value is -0.590. The maximum Gasteiger partial charge on any atom is 0.124 e. The van der Waals surface area contributed by atoms with Gasteiger partial charge in [0.15, 0.2) is 0 Å². The van der Waals surface area contributed by atoms with Crippen molar-refractivity contribution in [2.45, 2.75) is 13.2 Å². The van der Waals surface area contributed by atoms with Gasteiger partial charge in [0, 0.05) is 35.7 Å². The lowest BCUT2D eigenvalue weighted by atomic mass is 10.2. The SMILES string of the molecule is COCCNCc1cc(Cl)ccc1OCc1ccc(Br)s1. The van der Waals surface area contributed by atoms with Gasteiger partial charge in [0.25, 0.3) is 0 Å². The van der Waals surface area contributed by atoms with E-state index < -0.39 is 0 Å². The fraction of sp³-hybridized carbons (Fsp3) is 0.333. The standard InChI is InChI=1S/C15H17BrClNO2S/c1-19-7-6-18-9-11-8-12(17)2-4-14(11)20-10-13-3-5-15(16)21-13/h2-5,8,18H,6-7,9-10H2,1H3. The topological polar surface area (TPSA) is 30.5 Å². The molecule has 0 amide bonds. The van der Waals surface area contributed by atoms with E-state index in [1.807, 2.05) is 24.3 Å². The first-order valence-electron chi connectivity index (χ1n) is 6.54. The monoisotopic (exact) mass is 389 g/mol. The molecule has 1 heterocycles. The molecule has 1 aromatic heterocycles. The van der Waals surface area contributed by atoms with Crippen LogP contribution in [0.4, 0.5) is 0 Å². The number of hydrogen-bond donors (Lipinski definition) is 1. The van der Waals surface area contributed by atoms with Crippen LogP contribution in [0, 0.1) is 0 Å². The molecule has 3 nitrogen and oxygen atoms in total. The molecule has 0 spiro atoms. The Balaban J connectivity index is 1.97. The van der Waals surface area contributed by atoms with Gasteiger partial charge in [-0.05, 0) is 46.3 Å². The minimum absolute atomic E-state index is 0.559. The molecule has 2 rings (SSSR count). The third-order valence-electron chi connectivity index (χ3n) is 2.82. The molecule has 0 aliphatic heterocycles. The summed E-state index contributed by atoms with van der Waals surface area (Å²) < 4.78 is 12.0. The first-order valence-corrected chi connectivity index (χ1v) is 8.53. The van der Waals surface area contributed by atoms with Crippen molar-refractivity contribution >= 4 is 38.9 Å². The van der Waals surface area contributed by atoms with Gasteiger partial charge in [-0.1, -0.05) is 11.6 Å². The third-order valence-corrected chi connectivity index (χ3v) is 4.65. The summed E-state index contributed by atoms with van der Waals surface area (Å²) in [6.45, 7) is 2.73. The van der Waals surface area contributed by atoms with Crippen LogP contribution < -0.4 is 10.1 Å². The second-order valence-electron chi connectivity index (χ2n) is 4.42. The number of methoxy groups -OCH3 is 1. The summed E-state index contributed by atoms with van der Waals surface area (Å²) >= 11 is 11.2. The lowest BCUT2D eigenvalue weighted by Gasteiger charge is -2.12. The van der Waals surface area contributed by atoms with Crippen molar-refractivity contribution in [1.82, 2.24) is 5.32 Å². The highest BCUT2D eigenvalue weighted by atomic mass is 79.9. The molecule has 0 atom stereocenters. The minimum atomic E-state index is 0.559. The van der Waals surface area contributed by atoms with E-state index in [0.717, 1.165) is 21.6 Å². The second-order valence-corrected chi connectivity index (χ2v) is 7.40. The predicted molar refractivity (Wildman–Crippen MR) is 91.4 cm³/mol. The van der Waals surface area contributed by atoms with Gasteiger partial charge >= 0.3 is 0 Å². The number of thiophene rings is 1. The van der Waals surface area contributed by atoms with Crippen LogP contribution >= 0.6 is 38.9 Å². The van der Waals surface area contributed by atoms with Crippen molar-refractivity contribution in [3.63, 3.8) is 0 Å². The van der Waals surface area contributed by atoms with E-state index >= 15 is 0 Å². The smallest absolute Gasteiger partial charge is 0.124 e. The van der Waals surface area contributed by atoms with E-state index in [-0.39, 0.29) is 0 Å². The van der Waals surface area contributed by atoms with E-state index in [4.69, 9.17) is 21.1 Å². The van der Waals surface area contributed by atoms with Gasteiger partial charge in [0.2, 0.25) is 0 Å². The predicted octanol–water partition coefficient (Wildman–Crippen LogP) is 4.48. The number of rotatable bonds is 8. The third kappa shape index (κ3) is 5.60. The zero-order chi connectivity index (χ0) is 15.1. The quantitative estimate of drug-likeness (QED) is 0.674. The van der Waals surface area contributed by atoms with Crippen molar-refractivity contribution < 1.29 is 9.47 Å². The van der Waals surface area contributed by atoms with Gasteiger partial charge in [-0.25, -0.2) is 0 Å². The Morgan fingerprint density at radius 3 is 2.86 bits per heavy atom. The number of benzene rings is 1. The average Bonchev–Trinajstić information content (AvgIpc) is 2.88. The molecular formula is C15H17BrClNO2S. The van der Waals surface area contributed by atoms with Crippen molar-refractivity contribution in [1.29, 1.82) is 0 Å². The molecule has 114 valence electrons. The lowest BCUT2D eigenvalue weighted by Crippen LogP contribution is -2.19. The van der Waals surface area contributed by atoms with E-state index in [9.17, 15) is 0 Å². The van der Waals surface area contributed by atoms with E-state index in [1.54, 1.807) is 18.4 Å². The molecule has 0 aliphatic rings. The Kier molecular flexibility index (Phi) is 6.99. The molecule has 1 N–H and O–H groups in total. The first kappa shape index (κ1) is 16.8. The first-order chi connectivity index (χ1) is 10.2. The molecule has 0 fully saturated rings. The van der Waals surface area contributed by atoms with Crippen molar-refractivity contribution in [2.75, 3.05) is 20.3 Å². The van der Waals surface area contributed by atoms with Crippen LogP contribution in [0.25, 0.3) is 0 Å². The van der Waals surface area contributed by atoms with Gasteiger partial charge in [-0.3, -0.25) is 0 Å². The number of nitrogens with one attached hydrogen (secondary N) is 1. The maximum atomic E-state index is 6.07. The zero-order valence-electron chi connectivity index (χ0n) is 11.7. The molecule has 0 saturated heterocycles. The summed E-state index contributed by atoms with van der Waals surface area (Å²) in [4.78, 5) is 1.18. The van der Waals surface area contributed by atoms with Gasteiger partial charge in [0.05, 0.1) is 10.4 Å². The molecule has 0 bridgehead atoms. The van der Waals surface area contributed by atoms with Crippen LogP contribution in [0.1, 0.15) is 10.4 Å². The summed E-state index contributed by atoms with van der Waals surface area (Å²) in [5, 5.41) is 4.02. The van der Waals surface area contributed by atoms with E-state index in [2.05, 4.69) is 27.3 Å². The van der Waals surface area contributed by atoms with Crippen LogP contribution in [0.3, 0.4) is 0 Å². The minimum Gasteiger partial charge on any atom is -0.488 e. The number of hydrogen-bond acceptors (Lipinski definition) is 4. The molecule has 2 aromatic rings. The zero-order valence-corrected chi connectivity index (χ0v) is 14.9. The van der Waals surface area contributed by atoms with Crippen LogP contribution in [0.5, 0.6) is 5.75 Å². The summed E-state index contributed by atoms with van der Waals surface area (Å²) in [6, 6.07) is 9.78. The highest BCUT2D eigenvalue weighted by Gasteiger charge is 2.06. The highest BCUT2D eigenvalue weighted by Crippen LogP contribution is 2.26. The number of ether oxygens (including phenoxy) is 2. The second kappa shape index (κ2) is 8.76. The fourth-order valence-electron chi connectivity index (χ4n) is 1.80. The molecule has 0 radical (unpaired) electrons. The molecule has 6 heteroatoms. The molecule has 0 aliphatic carbocycles. The van der Waals surface area contributed by atoms with Crippen LogP contribution in [-0.4, -0.2) is 20.3 Å². The van der Waals surface area contributed by atoms with Gasteiger partial charge in [-0.15, -0.1) is 11.3 Å². The average molecular weight is 391 g/mol. The summed E-state index contributed by atoms with van der Waals surface area (Å²) in [5.41, 5.74) is 1.05. The van der Waals surface area contributed by atoms with Crippen LogP contribution in [-0.2, 0) is 17.9 Å².